The summed E-state index contributed by atoms with van der Waals surface area (Å²) in [7, 11) is 0. The summed E-state index contributed by atoms with van der Waals surface area (Å²) in [6.07, 6.45) is -3.76. The van der Waals surface area contributed by atoms with E-state index in [9.17, 15) is 13.2 Å². The second-order valence-electron chi connectivity index (χ2n) is 4.65. The number of benzene rings is 1. The van der Waals surface area contributed by atoms with Crippen LogP contribution in [0, 0.1) is 0 Å². The van der Waals surface area contributed by atoms with Crippen molar-refractivity contribution in [2.24, 2.45) is 0 Å². The summed E-state index contributed by atoms with van der Waals surface area (Å²) < 4.78 is 39.3. The van der Waals surface area contributed by atoms with Crippen LogP contribution in [0.25, 0.3) is 0 Å². The minimum Gasteiger partial charge on any atom is -0.309 e. The van der Waals surface area contributed by atoms with Gasteiger partial charge in [0.2, 0.25) is 0 Å². The lowest BCUT2D eigenvalue weighted by molar-refractivity contribution is -0.137. The van der Waals surface area contributed by atoms with Gasteiger partial charge in [0.25, 0.3) is 0 Å². The van der Waals surface area contributed by atoms with Crippen molar-refractivity contribution in [2.75, 3.05) is 6.54 Å². The number of halogens is 4. The highest BCUT2D eigenvalue weighted by Gasteiger charge is 2.30. The summed E-state index contributed by atoms with van der Waals surface area (Å²) in [6.45, 7) is 2.75. The van der Waals surface area contributed by atoms with Crippen molar-refractivity contribution in [2.45, 2.75) is 25.6 Å². The molecule has 2 aromatic rings. The fourth-order valence-electron chi connectivity index (χ4n) is 2.15. The smallest absolute Gasteiger partial charge is 0.309 e. The molecule has 0 bridgehead atoms. The number of hydrogen-bond donors (Lipinski definition) is 1. The summed E-state index contributed by atoms with van der Waals surface area (Å²) >= 11 is 5.01. The van der Waals surface area contributed by atoms with Crippen LogP contribution in [0.15, 0.2) is 40.2 Å². The third-order valence-corrected chi connectivity index (χ3v) is 4.82. The van der Waals surface area contributed by atoms with E-state index in [0.717, 1.165) is 21.3 Å². The highest BCUT2D eigenvalue weighted by atomic mass is 79.9. The summed E-state index contributed by atoms with van der Waals surface area (Å²) in [5.74, 6) is 0. The molecule has 0 aliphatic rings. The maximum absolute atomic E-state index is 12.8. The van der Waals surface area contributed by atoms with Crippen LogP contribution in [0.3, 0.4) is 0 Å². The number of rotatable bonds is 5. The first-order valence-corrected chi connectivity index (χ1v) is 8.16. The molecule has 1 N–H and O–H groups in total. The summed E-state index contributed by atoms with van der Waals surface area (Å²) in [6, 6.07) is 9.51. The molecular weight excluding hydrogens is 363 g/mol. The largest absolute Gasteiger partial charge is 0.416 e. The van der Waals surface area contributed by atoms with E-state index in [1.165, 1.54) is 12.1 Å². The van der Waals surface area contributed by atoms with Gasteiger partial charge >= 0.3 is 6.18 Å². The Balaban J connectivity index is 2.21. The van der Waals surface area contributed by atoms with Crippen LogP contribution in [0.2, 0.25) is 0 Å². The van der Waals surface area contributed by atoms with E-state index < -0.39 is 11.7 Å². The normalized spacial score (nSPS) is 13.4. The van der Waals surface area contributed by atoms with E-state index in [1.807, 2.05) is 19.1 Å². The molecule has 0 saturated carbocycles. The van der Waals surface area contributed by atoms with Crippen LogP contribution in [0.5, 0.6) is 0 Å². The monoisotopic (exact) mass is 377 g/mol. The van der Waals surface area contributed by atoms with Crippen molar-refractivity contribution in [3.05, 3.63) is 56.2 Å². The van der Waals surface area contributed by atoms with Crippen LogP contribution in [0.4, 0.5) is 13.2 Å². The molecule has 0 aliphatic heterocycles. The van der Waals surface area contributed by atoms with Gasteiger partial charge in [-0.15, -0.1) is 11.3 Å². The third kappa shape index (κ3) is 4.56. The SMILES string of the molecule is CCNC(Cc1cccc(C(F)(F)F)c1)c1ccc(Br)s1. The Labute approximate surface area is 134 Å². The van der Waals surface area contributed by atoms with Gasteiger partial charge in [0.1, 0.15) is 0 Å². The van der Waals surface area contributed by atoms with E-state index in [1.54, 1.807) is 17.4 Å². The molecule has 2 rings (SSSR count). The van der Waals surface area contributed by atoms with Gasteiger partial charge in [-0.05, 0) is 52.7 Å². The van der Waals surface area contributed by atoms with Crippen molar-refractivity contribution in [1.82, 2.24) is 5.32 Å². The summed E-state index contributed by atoms with van der Waals surface area (Å²) in [4.78, 5) is 1.11. The topological polar surface area (TPSA) is 12.0 Å². The lowest BCUT2D eigenvalue weighted by atomic mass is 10.0. The number of alkyl halides is 3. The molecule has 1 heterocycles. The first-order chi connectivity index (χ1) is 9.90. The molecule has 1 nitrogen and oxygen atoms in total. The Morgan fingerprint density at radius 2 is 2.00 bits per heavy atom. The first kappa shape index (κ1) is 16.5. The van der Waals surface area contributed by atoms with Gasteiger partial charge in [0.15, 0.2) is 0 Å². The Morgan fingerprint density at radius 3 is 2.57 bits per heavy atom. The average Bonchev–Trinajstić information content (AvgIpc) is 2.84. The number of nitrogens with one attached hydrogen (secondary N) is 1. The zero-order valence-corrected chi connectivity index (χ0v) is 13.8. The molecular formula is C15H15BrF3NS. The van der Waals surface area contributed by atoms with E-state index in [2.05, 4.69) is 21.2 Å². The van der Waals surface area contributed by atoms with Crippen LogP contribution in [-0.4, -0.2) is 6.54 Å². The maximum atomic E-state index is 12.8. The minimum atomic E-state index is -4.30. The van der Waals surface area contributed by atoms with Gasteiger partial charge in [0, 0.05) is 10.9 Å². The van der Waals surface area contributed by atoms with Crippen molar-refractivity contribution in [3.8, 4) is 0 Å². The van der Waals surface area contributed by atoms with Crippen LogP contribution < -0.4 is 5.32 Å². The average molecular weight is 378 g/mol. The molecule has 0 aliphatic carbocycles. The first-order valence-electron chi connectivity index (χ1n) is 6.55. The van der Waals surface area contributed by atoms with Crippen molar-refractivity contribution < 1.29 is 13.2 Å². The fraction of sp³-hybridized carbons (Fsp3) is 0.333. The van der Waals surface area contributed by atoms with Gasteiger partial charge in [-0.3, -0.25) is 0 Å². The lowest BCUT2D eigenvalue weighted by Crippen LogP contribution is -2.22. The Kier molecular flexibility index (Phi) is 5.46. The van der Waals surface area contributed by atoms with Crippen molar-refractivity contribution >= 4 is 27.3 Å². The van der Waals surface area contributed by atoms with Gasteiger partial charge in [-0.25, -0.2) is 0 Å². The molecule has 21 heavy (non-hydrogen) atoms. The van der Waals surface area contributed by atoms with E-state index in [0.29, 0.717) is 12.0 Å². The van der Waals surface area contributed by atoms with Crippen molar-refractivity contribution in [3.63, 3.8) is 0 Å². The number of thiophene rings is 1. The molecule has 1 unspecified atom stereocenters. The zero-order valence-electron chi connectivity index (χ0n) is 11.4. The van der Waals surface area contributed by atoms with Gasteiger partial charge in [0.05, 0.1) is 9.35 Å². The van der Waals surface area contributed by atoms with Crippen molar-refractivity contribution in [1.29, 1.82) is 0 Å². The highest BCUT2D eigenvalue weighted by molar-refractivity contribution is 9.11. The fourth-order valence-corrected chi connectivity index (χ4v) is 3.64. The summed E-state index contributed by atoms with van der Waals surface area (Å²) in [5, 5.41) is 3.33. The van der Waals surface area contributed by atoms with E-state index in [-0.39, 0.29) is 6.04 Å². The maximum Gasteiger partial charge on any atom is 0.416 e. The highest BCUT2D eigenvalue weighted by Crippen LogP contribution is 2.32. The molecule has 0 fully saturated rings. The lowest BCUT2D eigenvalue weighted by Gasteiger charge is -2.17. The quantitative estimate of drug-likeness (QED) is 0.732. The molecule has 0 saturated heterocycles. The molecule has 0 radical (unpaired) electrons. The molecule has 0 amide bonds. The molecule has 0 spiro atoms. The Hall–Kier alpha value is -0.850. The van der Waals surface area contributed by atoms with E-state index >= 15 is 0 Å². The predicted octanol–water partition coefficient (Wildman–Crippen LogP) is 5.42. The standard InChI is InChI=1S/C15H15BrF3NS/c1-2-20-12(13-6-7-14(16)21-13)9-10-4-3-5-11(8-10)15(17,18)19/h3-8,12,20H,2,9H2,1H3. The van der Waals surface area contributed by atoms with Crippen LogP contribution in [-0.2, 0) is 12.6 Å². The Bertz CT molecular complexity index is 595. The minimum absolute atomic E-state index is 0.0229. The molecule has 1 aromatic heterocycles. The number of hydrogen-bond acceptors (Lipinski definition) is 2. The van der Waals surface area contributed by atoms with E-state index in [4.69, 9.17) is 0 Å². The molecule has 114 valence electrons. The predicted molar refractivity (Wildman–Crippen MR) is 83.6 cm³/mol. The summed E-state index contributed by atoms with van der Waals surface area (Å²) in [5.41, 5.74) is 0.0860. The molecule has 6 heteroatoms. The third-order valence-electron chi connectivity index (χ3n) is 3.08. The Morgan fingerprint density at radius 1 is 1.24 bits per heavy atom. The second kappa shape index (κ2) is 6.94. The van der Waals surface area contributed by atoms with Crippen LogP contribution in [0.1, 0.15) is 29.0 Å². The molecule has 1 aromatic carbocycles. The second-order valence-corrected chi connectivity index (χ2v) is 7.15. The van der Waals surface area contributed by atoms with Crippen LogP contribution >= 0.6 is 27.3 Å². The van der Waals surface area contributed by atoms with Gasteiger partial charge in [-0.1, -0.05) is 25.1 Å². The zero-order chi connectivity index (χ0) is 15.5. The van der Waals surface area contributed by atoms with Gasteiger partial charge < -0.3 is 5.32 Å². The number of likely N-dealkylation sites (N-methyl/N-ethyl adjacent to an activating group) is 1. The molecule has 1 atom stereocenters. The van der Waals surface area contributed by atoms with Gasteiger partial charge in [-0.2, -0.15) is 13.2 Å².